The summed E-state index contributed by atoms with van der Waals surface area (Å²) in [5, 5.41) is 0. The molecule has 1 fully saturated rings. The van der Waals surface area contributed by atoms with E-state index >= 15 is 0 Å². The van der Waals surface area contributed by atoms with Crippen molar-refractivity contribution in [2.75, 3.05) is 0 Å². The second-order valence-corrected chi connectivity index (χ2v) is 4.89. The largest absolute Gasteiger partial charge is 0.238 e. The smallest absolute Gasteiger partial charge is 0.132 e. The van der Waals surface area contributed by atoms with Crippen LogP contribution in [0, 0.1) is 13.8 Å². The van der Waals surface area contributed by atoms with Gasteiger partial charge in [0.1, 0.15) is 5.82 Å². The van der Waals surface area contributed by atoms with Gasteiger partial charge < -0.3 is 0 Å². The van der Waals surface area contributed by atoms with Crippen LogP contribution in [0.15, 0.2) is 30.3 Å². The molecular weight excluding hydrogens is 208 g/mol. The molecule has 0 bridgehead atoms. The molecule has 17 heavy (non-hydrogen) atoms. The quantitative estimate of drug-likeness (QED) is 0.778. The fourth-order valence-electron chi connectivity index (χ4n) is 1.99. The van der Waals surface area contributed by atoms with Crippen LogP contribution in [0.5, 0.6) is 0 Å². The number of hydrogen-bond donors (Lipinski definition) is 0. The molecule has 0 radical (unpaired) electrons. The molecule has 0 N–H and O–H groups in total. The zero-order chi connectivity index (χ0) is 11.8. The van der Waals surface area contributed by atoms with Gasteiger partial charge in [-0.1, -0.05) is 29.8 Å². The van der Waals surface area contributed by atoms with Crippen molar-refractivity contribution in [3.05, 3.63) is 47.4 Å². The minimum absolute atomic E-state index is 0.610. The third kappa shape index (κ3) is 2.21. The number of benzene rings is 1. The summed E-state index contributed by atoms with van der Waals surface area (Å²) in [5.74, 6) is 1.64. The molecule has 1 saturated carbocycles. The van der Waals surface area contributed by atoms with Gasteiger partial charge in [0.15, 0.2) is 0 Å². The van der Waals surface area contributed by atoms with Crippen LogP contribution in [0.2, 0.25) is 0 Å². The summed E-state index contributed by atoms with van der Waals surface area (Å²) in [6, 6.07) is 10.6. The van der Waals surface area contributed by atoms with Crippen LogP contribution < -0.4 is 0 Å². The van der Waals surface area contributed by atoms with E-state index in [4.69, 9.17) is 0 Å². The zero-order valence-electron chi connectivity index (χ0n) is 10.3. The Bertz CT molecular complexity index is 539. The summed E-state index contributed by atoms with van der Waals surface area (Å²) in [7, 11) is 0. The lowest BCUT2D eigenvalue weighted by molar-refractivity contribution is 0.910. The molecule has 1 aromatic carbocycles. The third-order valence-corrected chi connectivity index (χ3v) is 3.16. The molecule has 2 heteroatoms. The number of nitrogens with zero attached hydrogens (tertiary/aromatic N) is 2. The van der Waals surface area contributed by atoms with Crippen LogP contribution in [0.25, 0.3) is 11.3 Å². The Kier molecular flexibility index (Phi) is 2.43. The molecule has 0 saturated heterocycles. The van der Waals surface area contributed by atoms with Crippen molar-refractivity contribution in [1.82, 2.24) is 9.97 Å². The number of rotatable bonds is 2. The summed E-state index contributed by atoms with van der Waals surface area (Å²) in [6.07, 6.45) is 2.49. The molecule has 1 heterocycles. The molecule has 2 aromatic rings. The number of aryl methyl sites for hydroxylation is 2. The molecule has 0 atom stereocenters. The van der Waals surface area contributed by atoms with Crippen LogP contribution in [0.1, 0.15) is 35.8 Å². The van der Waals surface area contributed by atoms with Crippen molar-refractivity contribution in [2.45, 2.75) is 32.6 Å². The predicted octanol–water partition coefficient (Wildman–Crippen LogP) is 3.64. The van der Waals surface area contributed by atoms with Crippen molar-refractivity contribution in [1.29, 1.82) is 0 Å². The average Bonchev–Trinajstić information content (AvgIpc) is 3.13. The Labute approximate surface area is 102 Å². The Morgan fingerprint density at radius 1 is 1.00 bits per heavy atom. The summed E-state index contributed by atoms with van der Waals surface area (Å²) < 4.78 is 0. The lowest BCUT2D eigenvalue weighted by Crippen LogP contribution is -1.97. The van der Waals surface area contributed by atoms with E-state index in [1.165, 1.54) is 24.0 Å². The van der Waals surface area contributed by atoms with E-state index in [-0.39, 0.29) is 0 Å². The fourth-order valence-corrected chi connectivity index (χ4v) is 1.99. The second-order valence-electron chi connectivity index (χ2n) is 4.89. The number of hydrogen-bond acceptors (Lipinski definition) is 2. The van der Waals surface area contributed by atoms with E-state index in [0.717, 1.165) is 17.2 Å². The molecule has 2 nitrogen and oxygen atoms in total. The number of aromatic nitrogens is 2. The van der Waals surface area contributed by atoms with E-state index in [2.05, 4.69) is 47.2 Å². The van der Waals surface area contributed by atoms with Gasteiger partial charge in [-0.05, 0) is 32.8 Å². The van der Waals surface area contributed by atoms with Crippen molar-refractivity contribution in [2.24, 2.45) is 0 Å². The average molecular weight is 224 g/mol. The van der Waals surface area contributed by atoms with Gasteiger partial charge in [0.2, 0.25) is 0 Å². The van der Waals surface area contributed by atoms with Crippen LogP contribution in [-0.4, -0.2) is 9.97 Å². The molecule has 86 valence electrons. The highest BCUT2D eigenvalue weighted by Gasteiger charge is 2.27. The van der Waals surface area contributed by atoms with E-state index in [1.807, 2.05) is 6.92 Å². The first-order valence-electron chi connectivity index (χ1n) is 6.15. The van der Waals surface area contributed by atoms with Gasteiger partial charge in [0, 0.05) is 17.2 Å². The molecule has 1 aliphatic carbocycles. The van der Waals surface area contributed by atoms with Crippen molar-refractivity contribution >= 4 is 0 Å². The molecule has 0 unspecified atom stereocenters. The van der Waals surface area contributed by atoms with Gasteiger partial charge in [0.05, 0.1) is 5.69 Å². The first-order valence-corrected chi connectivity index (χ1v) is 6.15. The van der Waals surface area contributed by atoms with E-state index in [9.17, 15) is 0 Å². The summed E-state index contributed by atoms with van der Waals surface area (Å²) >= 11 is 0. The van der Waals surface area contributed by atoms with Gasteiger partial charge in [-0.15, -0.1) is 0 Å². The van der Waals surface area contributed by atoms with Gasteiger partial charge in [-0.2, -0.15) is 0 Å². The van der Waals surface area contributed by atoms with Crippen LogP contribution in [0.3, 0.4) is 0 Å². The summed E-state index contributed by atoms with van der Waals surface area (Å²) in [6.45, 7) is 4.15. The third-order valence-electron chi connectivity index (χ3n) is 3.16. The Morgan fingerprint density at radius 2 is 1.71 bits per heavy atom. The normalized spacial score (nSPS) is 14.9. The second kappa shape index (κ2) is 3.95. The maximum absolute atomic E-state index is 4.68. The van der Waals surface area contributed by atoms with Gasteiger partial charge in [-0.25, -0.2) is 9.97 Å². The van der Waals surface area contributed by atoms with Crippen LogP contribution in [-0.2, 0) is 0 Å². The highest BCUT2D eigenvalue weighted by atomic mass is 14.9. The van der Waals surface area contributed by atoms with Crippen molar-refractivity contribution in [3.8, 4) is 11.3 Å². The topological polar surface area (TPSA) is 25.8 Å². The minimum atomic E-state index is 0.610. The predicted molar refractivity (Wildman–Crippen MR) is 68.9 cm³/mol. The molecule has 0 amide bonds. The molecule has 3 rings (SSSR count). The lowest BCUT2D eigenvalue weighted by atomic mass is 10.1. The fraction of sp³-hybridized carbons (Fsp3) is 0.333. The summed E-state index contributed by atoms with van der Waals surface area (Å²) in [4.78, 5) is 9.21. The summed E-state index contributed by atoms with van der Waals surface area (Å²) in [5.41, 5.74) is 4.59. The molecule has 1 aromatic heterocycles. The van der Waals surface area contributed by atoms with E-state index in [0.29, 0.717) is 5.92 Å². The van der Waals surface area contributed by atoms with Crippen molar-refractivity contribution < 1.29 is 0 Å². The van der Waals surface area contributed by atoms with Crippen LogP contribution in [0.4, 0.5) is 0 Å². The van der Waals surface area contributed by atoms with Gasteiger partial charge in [0.25, 0.3) is 0 Å². The van der Waals surface area contributed by atoms with E-state index in [1.54, 1.807) is 0 Å². The molecule has 0 spiro atoms. The van der Waals surface area contributed by atoms with Gasteiger partial charge in [-0.3, -0.25) is 0 Å². The minimum Gasteiger partial charge on any atom is -0.238 e. The van der Waals surface area contributed by atoms with Crippen molar-refractivity contribution in [3.63, 3.8) is 0 Å². The molecular formula is C15H16N2. The van der Waals surface area contributed by atoms with Crippen LogP contribution >= 0.6 is 0 Å². The lowest BCUT2D eigenvalue weighted by Gasteiger charge is -2.05. The molecule has 1 aliphatic rings. The zero-order valence-corrected chi connectivity index (χ0v) is 10.3. The molecule has 0 aliphatic heterocycles. The SMILES string of the molecule is Cc1ccc(-c2cc(C)nc(C3CC3)n2)cc1. The van der Waals surface area contributed by atoms with Gasteiger partial charge >= 0.3 is 0 Å². The highest BCUT2D eigenvalue weighted by molar-refractivity contribution is 5.59. The maximum atomic E-state index is 4.68. The maximum Gasteiger partial charge on any atom is 0.132 e. The standard InChI is InChI=1S/C15H16N2/c1-10-3-5-12(6-4-10)14-9-11(2)16-15(17-14)13-7-8-13/h3-6,9,13H,7-8H2,1-2H3. The Morgan fingerprint density at radius 3 is 2.35 bits per heavy atom. The monoisotopic (exact) mass is 224 g/mol. The first kappa shape index (κ1) is 10.5. The first-order chi connectivity index (χ1) is 8.22. The Balaban J connectivity index is 2.04. The highest BCUT2D eigenvalue weighted by Crippen LogP contribution is 2.38. The van der Waals surface area contributed by atoms with E-state index < -0.39 is 0 Å². The Hall–Kier alpha value is -1.70.